The lowest BCUT2D eigenvalue weighted by molar-refractivity contribution is 0.269. The smallest absolute Gasteiger partial charge is 0.224 e. The van der Waals surface area contributed by atoms with Crippen molar-refractivity contribution in [1.29, 1.82) is 0 Å². The molecule has 5 nitrogen and oxygen atoms in total. The minimum absolute atomic E-state index is 0.261. The molecule has 0 bridgehead atoms. The number of unbranched alkanes of at least 4 members (excludes halogenated alkanes) is 1. The highest BCUT2D eigenvalue weighted by molar-refractivity contribution is 5.40. The third-order valence-corrected chi connectivity index (χ3v) is 3.08. The largest absolute Gasteiger partial charge is 0.367 e. The molecule has 108 valence electrons. The lowest BCUT2D eigenvalue weighted by Gasteiger charge is -2.20. The molecule has 19 heavy (non-hydrogen) atoms. The zero-order valence-electron chi connectivity index (χ0n) is 12.2. The summed E-state index contributed by atoms with van der Waals surface area (Å²) in [6.07, 6.45) is 3.23. The van der Waals surface area contributed by atoms with Crippen LogP contribution in [0.4, 0.5) is 16.2 Å². The van der Waals surface area contributed by atoms with E-state index in [2.05, 4.69) is 46.4 Å². The molecule has 0 radical (unpaired) electrons. The van der Waals surface area contributed by atoms with Crippen LogP contribution in [0.2, 0.25) is 0 Å². The third kappa shape index (κ3) is 5.38. The molecule has 0 saturated carbocycles. The Balaban J connectivity index is 2.29. The molecule has 2 N–H and O–H groups in total. The summed E-state index contributed by atoms with van der Waals surface area (Å²) in [6, 6.07) is 0.561. The van der Waals surface area contributed by atoms with Crippen LogP contribution in [0.25, 0.3) is 0 Å². The summed E-state index contributed by atoms with van der Waals surface area (Å²) in [6.45, 7) is 6.11. The highest BCUT2D eigenvalue weighted by Gasteiger charge is 2.06. The standard InChI is InChI=1S/C13H24FN5/c1-10(2)19(4)8-6-5-7-16-12-11(14)9-17-13(15-3)18-12/h9-10H,5-8H2,1-4H3,(H2,15,16,17,18). The normalized spacial score (nSPS) is 11.1. The Hall–Kier alpha value is -1.43. The molecular weight excluding hydrogens is 245 g/mol. The zero-order valence-corrected chi connectivity index (χ0v) is 12.2. The van der Waals surface area contributed by atoms with Gasteiger partial charge in [-0.15, -0.1) is 0 Å². The van der Waals surface area contributed by atoms with Crippen LogP contribution in [0.5, 0.6) is 0 Å². The lowest BCUT2D eigenvalue weighted by atomic mass is 10.2. The predicted octanol–water partition coefficient (Wildman–Crippen LogP) is 2.19. The Kier molecular flexibility index (Phi) is 6.49. The van der Waals surface area contributed by atoms with Gasteiger partial charge in [-0.1, -0.05) is 0 Å². The quantitative estimate of drug-likeness (QED) is 0.709. The van der Waals surface area contributed by atoms with Crippen molar-refractivity contribution in [1.82, 2.24) is 14.9 Å². The van der Waals surface area contributed by atoms with Crippen LogP contribution >= 0.6 is 0 Å². The molecule has 1 aromatic rings. The van der Waals surface area contributed by atoms with E-state index in [-0.39, 0.29) is 5.82 Å². The highest BCUT2D eigenvalue weighted by atomic mass is 19.1. The van der Waals surface area contributed by atoms with E-state index in [0.29, 0.717) is 18.5 Å². The van der Waals surface area contributed by atoms with Gasteiger partial charge in [0, 0.05) is 19.6 Å². The van der Waals surface area contributed by atoms with Crippen molar-refractivity contribution < 1.29 is 4.39 Å². The molecule has 1 rings (SSSR count). The molecule has 0 fully saturated rings. The van der Waals surface area contributed by atoms with Gasteiger partial charge in [-0.05, 0) is 40.3 Å². The Morgan fingerprint density at radius 3 is 2.74 bits per heavy atom. The van der Waals surface area contributed by atoms with Crippen LogP contribution in [0.15, 0.2) is 6.20 Å². The van der Waals surface area contributed by atoms with E-state index < -0.39 is 5.82 Å². The van der Waals surface area contributed by atoms with Gasteiger partial charge in [0.25, 0.3) is 0 Å². The van der Waals surface area contributed by atoms with Crippen LogP contribution in [0.3, 0.4) is 0 Å². The highest BCUT2D eigenvalue weighted by Crippen LogP contribution is 2.11. The van der Waals surface area contributed by atoms with Gasteiger partial charge < -0.3 is 15.5 Å². The van der Waals surface area contributed by atoms with E-state index in [1.165, 1.54) is 6.20 Å². The molecule has 0 atom stereocenters. The molecule has 0 aromatic carbocycles. The second-order valence-corrected chi connectivity index (χ2v) is 4.85. The fourth-order valence-corrected chi connectivity index (χ4v) is 1.56. The number of hydrogen-bond donors (Lipinski definition) is 2. The average molecular weight is 269 g/mol. The average Bonchev–Trinajstić information content (AvgIpc) is 2.39. The molecule has 0 aliphatic rings. The van der Waals surface area contributed by atoms with Crippen molar-refractivity contribution in [2.24, 2.45) is 0 Å². The summed E-state index contributed by atoms with van der Waals surface area (Å²) in [5.41, 5.74) is 0. The minimum atomic E-state index is -0.418. The van der Waals surface area contributed by atoms with Gasteiger partial charge >= 0.3 is 0 Å². The number of nitrogens with zero attached hydrogens (tertiary/aromatic N) is 3. The number of rotatable bonds is 8. The Labute approximate surface area is 114 Å². The number of halogens is 1. The van der Waals surface area contributed by atoms with Gasteiger partial charge in [-0.25, -0.2) is 9.37 Å². The number of anilines is 2. The van der Waals surface area contributed by atoms with Gasteiger partial charge in [0.15, 0.2) is 11.6 Å². The molecule has 0 amide bonds. The first-order valence-corrected chi connectivity index (χ1v) is 6.69. The first-order chi connectivity index (χ1) is 9.04. The maximum absolute atomic E-state index is 13.4. The number of aromatic nitrogens is 2. The Bertz CT molecular complexity index is 383. The van der Waals surface area contributed by atoms with Crippen molar-refractivity contribution in [3.05, 3.63) is 12.0 Å². The van der Waals surface area contributed by atoms with Crippen molar-refractivity contribution in [2.75, 3.05) is 37.8 Å². The molecule has 1 aromatic heterocycles. The molecule has 1 heterocycles. The zero-order chi connectivity index (χ0) is 14.3. The molecular formula is C13H24FN5. The molecule has 6 heteroatoms. The Morgan fingerprint density at radius 2 is 2.11 bits per heavy atom. The van der Waals surface area contributed by atoms with E-state index in [1.54, 1.807) is 7.05 Å². The van der Waals surface area contributed by atoms with Gasteiger partial charge in [-0.2, -0.15) is 4.98 Å². The summed E-state index contributed by atoms with van der Waals surface area (Å²) >= 11 is 0. The molecule has 0 aliphatic carbocycles. The predicted molar refractivity (Wildman–Crippen MR) is 77.0 cm³/mol. The van der Waals surface area contributed by atoms with E-state index in [1.807, 2.05) is 0 Å². The van der Waals surface area contributed by atoms with Crippen molar-refractivity contribution in [2.45, 2.75) is 32.7 Å². The third-order valence-electron chi connectivity index (χ3n) is 3.08. The van der Waals surface area contributed by atoms with E-state index in [4.69, 9.17) is 0 Å². The molecule has 0 aliphatic heterocycles. The first-order valence-electron chi connectivity index (χ1n) is 6.69. The van der Waals surface area contributed by atoms with Crippen LogP contribution in [0, 0.1) is 5.82 Å². The van der Waals surface area contributed by atoms with Crippen LogP contribution in [-0.4, -0.2) is 48.1 Å². The van der Waals surface area contributed by atoms with E-state index in [9.17, 15) is 4.39 Å². The SMILES string of the molecule is CNc1ncc(F)c(NCCCCN(C)C(C)C)n1. The van der Waals surface area contributed by atoms with Gasteiger partial charge in [0.1, 0.15) is 0 Å². The number of nitrogens with one attached hydrogen (secondary N) is 2. The molecule has 0 unspecified atom stereocenters. The summed E-state index contributed by atoms with van der Waals surface area (Å²) in [7, 11) is 3.82. The maximum atomic E-state index is 13.4. The monoisotopic (exact) mass is 269 g/mol. The first kappa shape index (κ1) is 15.6. The fraction of sp³-hybridized carbons (Fsp3) is 0.692. The van der Waals surface area contributed by atoms with Gasteiger partial charge in [0.2, 0.25) is 5.95 Å². The Morgan fingerprint density at radius 1 is 1.37 bits per heavy atom. The van der Waals surface area contributed by atoms with Crippen molar-refractivity contribution in [3.63, 3.8) is 0 Å². The molecule has 0 spiro atoms. The van der Waals surface area contributed by atoms with Gasteiger partial charge in [-0.3, -0.25) is 0 Å². The van der Waals surface area contributed by atoms with E-state index in [0.717, 1.165) is 19.4 Å². The van der Waals surface area contributed by atoms with Crippen LogP contribution in [0.1, 0.15) is 26.7 Å². The summed E-state index contributed by atoms with van der Waals surface area (Å²) in [4.78, 5) is 10.1. The second kappa shape index (κ2) is 7.89. The lowest BCUT2D eigenvalue weighted by Crippen LogP contribution is -2.27. The van der Waals surface area contributed by atoms with Crippen LogP contribution in [-0.2, 0) is 0 Å². The fourth-order valence-electron chi connectivity index (χ4n) is 1.56. The summed E-state index contributed by atoms with van der Waals surface area (Å²) < 4.78 is 13.4. The van der Waals surface area contributed by atoms with Gasteiger partial charge in [0.05, 0.1) is 6.20 Å². The summed E-state index contributed by atoms with van der Waals surface area (Å²) in [5, 5.41) is 5.79. The van der Waals surface area contributed by atoms with Crippen LogP contribution < -0.4 is 10.6 Å². The summed E-state index contributed by atoms with van der Waals surface area (Å²) in [5.74, 6) is 0.262. The molecule has 0 saturated heterocycles. The van der Waals surface area contributed by atoms with Crippen molar-refractivity contribution in [3.8, 4) is 0 Å². The minimum Gasteiger partial charge on any atom is -0.367 e. The number of hydrogen-bond acceptors (Lipinski definition) is 5. The maximum Gasteiger partial charge on any atom is 0.224 e. The topological polar surface area (TPSA) is 53.1 Å². The van der Waals surface area contributed by atoms with Crippen molar-refractivity contribution >= 4 is 11.8 Å². The second-order valence-electron chi connectivity index (χ2n) is 4.85. The van der Waals surface area contributed by atoms with E-state index >= 15 is 0 Å².